The van der Waals surface area contributed by atoms with Crippen LogP contribution in [0.15, 0.2) is 28.7 Å². The normalized spacial score (nSPS) is 25.9. The lowest BCUT2D eigenvalue weighted by molar-refractivity contribution is 0.219. The van der Waals surface area contributed by atoms with Crippen LogP contribution in [0, 0.1) is 11.8 Å². The highest BCUT2D eigenvalue weighted by molar-refractivity contribution is 9.10. The Kier molecular flexibility index (Phi) is 5.22. The van der Waals surface area contributed by atoms with Gasteiger partial charge in [0.25, 0.3) is 0 Å². The highest BCUT2D eigenvalue weighted by Gasteiger charge is 2.28. The van der Waals surface area contributed by atoms with E-state index in [1.165, 1.54) is 37.7 Å². The van der Waals surface area contributed by atoms with E-state index in [-0.39, 0.29) is 6.04 Å². The molecule has 2 rings (SSSR count). The molecule has 1 aliphatic carbocycles. The van der Waals surface area contributed by atoms with Crippen LogP contribution in [0.3, 0.4) is 0 Å². The number of rotatable bonds is 4. The Balaban J connectivity index is 2.08. The molecule has 18 heavy (non-hydrogen) atoms. The van der Waals surface area contributed by atoms with Gasteiger partial charge in [-0.2, -0.15) is 0 Å². The lowest BCUT2D eigenvalue weighted by Gasteiger charge is -2.34. The zero-order valence-electron chi connectivity index (χ0n) is 11.0. The fourth-order valence-electron chi connectivity index (χ4n) is 3.14. The second kappa shape index (κ2) is 6.69. The summed E-state index contributed by atoms with van der Waals surface area (Å²) >= 11 is 3.63. The minimum absolute atomic E-state index is 0.276. The molecule has 0 bridgehead atoms. The highest BCUT2D eigenvalue weighted by atomic mass is 79.9. The van der Waals surface area contributed by atoms with Crippen LogP contribution in [0.25, 0.3) is 0 Å². The molecule has 0 aliphatic heterocycles. The van der Waals surface area contributed by atoms with Crippen molar-refractivity contribution in [2.75, 3.05) is 0 Å². The Morgan fingerprint density at radius 3 is 2.50 bits per heavy atom. The summed E-state index contributed by atoms with van der Waals surface area (Å²) < 4.78 is 1.16. The first-order chi connectivity index (χ1) is 8.76. The molecular weight excluding hydrogens is 288 g/mol. The van der Waals surface area contributed by atoms with Gasteiger partial charge in [0.05, 0.1) is 0 Å². The van der Waals surface area contributed by atoms with E-state index in [1.807, 2.05) is 0 Å². The van der Waals surface area contributed by atoms with E-state index >= 15 is 0 Å². The molecule has 1 aliphatic rings. The second-order valence-electron chi connectivity index (χ2n) is 5.35. The maximum absolute atomic E-state index is 5.80. The van der Waals surface area contributed by atoms with Gasteiger partial charge in [-0.3, -0.25) is 11.3 Å². The second-order valence-corrected chi connectivity index (χ2v) is 6.21. The summed E-state index contributed by atoms with van der Waals surface area (Å²) in [5.74, 6) is 7.39. The predicted octanol–water partition coefficient (Wildman–Crippen LogP) is 4.17. The van der Waals surface area contributed by atoms with E-state index < -0.39 is 0 Å². The van der Waals surface area contributed by atoms with Crippen LogP contribution in [0.2, 0.25) is 0 Å². The van der Waals surface area contributed by atoms with E-state index in [0.717, 1.165) is 10.4 Å². The van der Waals surface area contributed by atoms with Crippen molar-refractivity contribution >= 4 is 15.9 Å². The molecule has 100 valence electrons. The molecule has 1 unspecified atom stereocenters. The van der Waals surface area contributed by atoms with E-state index in [2.05, 4.69) is 52.5 Å². The number of benzene rings is 1. The van der Waals surface area contributed by atoms with Gasteiger partial charge in [0.15, 0.2) is 0 Å². The largest absolute Gasteiger partial charge is 0.271 e. The summed E-state index contributed by atoms with van der Waals surface area (Å²) in [4.78, 5) is 0. The third kappa shape index (κ3) is 3.14. The third-order valence-electron chi connectivity index (χ3n) is 4.36. The number of nitrogens with one attached hydrogen (secondary N) is 1. The average Bonchev–Trinajstić information content (AvgIpc) is 2.42. The van der Waals surface area contributed by atoms with Crippen LogP contribution in [0.1, 0.15) is 50.6 Å². The van der Waals surface area contributed by atoms with Crippen LogP contribution in [0.5, 0.6) is 0 Å². The molecule has 3 heteroatoms. The van der Waals surface area contributed by atoms with Crippen molar-refractivity contribution in [3.05, 3.63) is 34.3 Å². The van der Waals surface area contributed by atoms with Crippen molar-refractivity contribution in [1.29, 1.82) is 0 Å². The van der Waals surface area contributed by atoms with Gasteiger partial charge < -0.3 is 0 Å². The molecule has 2 nitrogen and oxygen atoms in total. The number of hydrazine groups is 1. The Hall–Kier alpha value is -0.380. The van der Waals surface area contributed by atoms with Crippen molar-refractivity contribution in [1.82, 2.24) is 5.43 Å². The lowest BCUT2D eigenvalue weighted by atomic mass is 9.76. The third-order valence-corrected chi connectivity index (χ3v) is 5.08. The van der Waals surface area contributed by atoms with Gasteiger partial charge in [-0.1, -0.05) is 60.3 Å². The summed E-state index contributed by atoms with van der Waals surface area (Å²) in [5, 5.41) is 0. The van der Waals surface area contributed by atoms with Crippen LogP contribution < -0.4 is 11.3 Å². The van der Waals surface area contributed by atoms with Crippen LogP contribution >= 0.6 is 15.9 Å². The molecule has 0 aromatic heterocycles. The van der Waals surface area contributed by atoms with Crippen LogP contribution in [-0.2, 0) is 0 Å². The van der Waals surface area contributed by atoms with Gasteiger partial charge in [-0.05, 0) is 36.3 Å². The number of hydrogen-bond donors (Lipinski definition) is 2. The smallest absolute Gasteiger partial charge is 0.0499 e. The average molecular weight is 311 g/mol. The molecule has 0 heterocycles. The molecule has 0 radical (unpaired) electrons. The van der Waals surface area contributed by atoms with Gasteiger partial charge in [-0.15, -0.1) is 0 Å². The van der Waals surface area contributed by atoms with Gasteiger partial charge in [-0.25, -0.2) is 0 Å². The Labute approximate surface area is 118 Å². The predicted molar refractivity (Wildman–Crippen MR) is 79.9 cm³/mol. The number of halogens is 1. The first-order valence-corrected chi connectivity index (χ1v) is 7.76. The molecule has 0 spiro atoms. The van der Waals surface area contributed by atoms with Crippen LogP contribution in [-0.4, -0.2) is 0 Å². The zero-order valence-corrected chi connectivity index (χ0v) is 12.6. The maximum Gasteiger partial charge on any atom is 0.0499 e. The quantitative estimate of drug-likeness (QED) is 0.647. The zero-order chi connectivity index (χ0) is 13.0. The summed E-state index contributed by atoms with van der Waals surface area (Å²) in [6, 6.07) is 8.67. The minimum atomic E-state index is 0.276. The van der Waals surface area contributed by atoms with E-state index in [1.54, 1.807) is 0 Å². The van der Waals surface area contributed by atoms with Gasteiger partial charge in [0.1, 0.15) is 0 Å². The molecule has 1 fully saturated rings. The Morgan fingerprint density at radius 2 is 1.94 bits per heavy atom. The van der Waals surface area contributed by atoms with Gasteiger partial charge in [0, 0.05) is 10.5 Å². The number of nitrogens with two attached hydrogens (primary N) is 1. The minimum Gasteiger partial charge on any atom is -0.271 e. The first kappa shape index (κ1) is 14.0. The fraction of sp³-hybridized carbons (Fsp3) is 0.600. The van der Waals surface area contributed by atoms with Crippen molar-refractivity contribution in [2.45, 2.75) is 45.1 Å². The molecule has 1 aromatic carbocycles. The fourth-order valence-corrected chi connectivity index (χ4v) is 3.67. The topological polar surface area (TPSA) is 38.0 Å². The van der Waals surface area contributed by atoms with E-state index in [9.17, 15) is 0 Å². The van der Waals surface area contributed by atoms with Crippen LogP contribution in [0.4, 0.5) is 0 Å². The SMILES string of the molecule is CCC1CCC(C(NN)c2ccccc2Br)CC1. The van der Waals surface area contributed by atoms with Crippen molar-refractivity contribution in [3.8, 4) is 0 Å². The Bertz CT molecular complexity index is 373. The molecular formula is C15H23BrN2. The highest BCUT2D eigenvalue weighted by Crippen LogP contribution is 2.39. The summed E-state index contributed by atoms with van der Waals surface area (Å²) in [7, 11) is 0. The number of hydrogen-bond acceptors (Lipinski definition) is 2. The standard InChI is InChI=1S/C15H23BrN2/c1-2-11-7-9-12(10-8-11)15(18-17)13-5-3-4-6-14(13)16/h3-6,11-12,15,18H,2,7-10,17H2,1H3. The van der Waals surface area contributed by atoms with E-state index in [4.69, 9.17) is 5.84 Å². The first-order valence-electron chi connectivity index (χ1n) is 6.96. The summed E-state index contributed by atoms with van der Waals surface area (Å²) in [6.07, 6.45) is 6.60. The molecule has 1 aromatic rings. The lowest BCUT2D eigenvalue weighted by Crippen LogP contribution is -2.35. The molecule has 0 amide bonds. The van der Waals surface area contributed by atoms with Gasteiger partial charge in [0.2, 0.25) is 0 Å². The van der Waals surface area contributed by atoms with Crippen molar-refractivity contribution in [2.24, 2.45) is 17.7 Å². The summed E-state index contributed by atoms with van der Waals surface area (Å²) in [5.41, 5.74) is 4.32. The van der Waals surface area contributed by atoms with Gasteiger partial charge >= 0.3 is 0 Å². The van der Waals surface area contributed by atoms with Crippen molar-refractivity contribution in [3.63, 3.8) is 0 Å². The summed E-state index contributed by atoms with van der Waals surface area (Å²) in [6.45, 7) is 2.30. The molecule has 1 saturated carbocycles. The monoisotopic (exact) mass is 310 g/mol. The Morgan fingerprint density at radius 1 is 1.28 bits per heavy atom. The molecule has 3 N–H and O–H groups in total. The molecule has 1 atom stereocenters. The maximum atomic E-state index is 5.80. The molecule has 0 saturated heterocycles. The van der Waals surface area contributed by atoms with E-state index in [0.29, 0.717) is 5.92 Å². The van der Waals surface area contributed by atoms with Crippen molar-refractivity contribution < 1.29 is 0 Å².